The first-order valence-corrected chi connectivity index (χ1v) is 15.7. The van der Waals surface area contributed by atoms with Crippen LogP contribution in [0.4, 0.5) is 16.5 Å². The monoisotopic (exact) mass is 719 g/mol. The van der Waals surface area contributed by atoms with Gasteiger partial charge in [0.05, 0.1) is 36.3 Å². The summed E-state index contributed by atoms with van der Waals surface area (Å²) in [5.74, 6) is 0.500. The van der Waals surface area contributed by atoms with E-state index >= 15 is 0 Å². The fraction of sp³-hybridized carbons (Fsp3) is 0.0909. The molecule has 0 aliphatic heterocycles. The third-order valence-electron chi connectivity index (χ3n) is 6.40. The topological polar surface area (TPSA) is 123 Å². The molecule has 234 valence electrons. The highest BCUT2D eigenvalue weighted by atomic mass is 79.9. The summed E-state index contributed by atoms with van der Waals surface area (Å²) < 4.78 is 17.0. The predicted octanol–water partition coefficient (Wildman–Crippen LogP) is 7.77. The van der Waals surface area contributed by atoms with Crippen molar-refractivity contribution in [2.75, 3.05) is 31.5 Å². The van der Waals surface area contributed by atoms with Crippen LogP contribution in [-0.4, -0.2) is 43.8 Å². The van der Waals surface area contributed by atoms with Crippen LogP contribution in [0.2, 0.25) is 5.02 Å². The van der Waals surface area contributed by atoms with Gasteiger partial charge in [0, 0.05) is 27.2 Å². The minimum Gasteiger partial charge on any atom is -0.495 e. The maximum atomic E-state index is 12.7. The zero-order valence-corrected chi connectivity index (χ0v) is 27.7. The number of para-hydroxylation sites is 2. The number of hydrogen-bond donors (Lipinski definition) is 3. The van der Waals surface area contributed by atoms with Gasteiger partial charge in [-0.3, -0.25) is 9.59 Å². The number of anilines is 3. The Bertz CT molecular complexity index is 1870. The molecular weight excluding hydrogens is 694 g/mol. The van der Waals surface area contributed by atoms with Gasteiger partial charge < -0.3 is 24.8 Å². The minimum atomic E-state index is -0.377. The fourth-order valence-corrected chi connectivity index (χ4v) is 5.61. The van der Waals surface area contributed by atoms with Crippen LogP contribution in [0.25, 0.3) is 11.3 Å². The number of carbonyl (C=O) groups is 2. The molecule has 4 aromatic carbocycles. The Morgan fingerprint density at radius 1 is 0.978 bits per heavy atom. The molecule has 10 nitrogen and oxygen atoms in total. The third-order valence-corrected chi connectivity index (χ3v) is 8.00. The van der Waals surface area contributed by atoms with Crippen LogP contribution in [0.5, 0.6) is 17.2 Å². The van der Waals surface area contributed by atoms with Crippen LogP contribution in [0.3, 0.4) is 0 Å². The van der Waals surface area contributed by atoms with E-state index in [1.165, 1.54) is 31.8 Å². The predicted molar refractivity (Wildman–Crippen MR) is 185 cm³/mol. The van der Waals surface area contributed by atoms with Gasteiger partial charge in [-0.15, -0.1) is 11.3 Å². The molecule has 2 amide bonds. The van der Waals surface area contributed by atoms with Crippen molar-refractivity contribution in [3.63, 3.8) is 0 Å². The van der Waals surface area contributed by atoms with Crippen LogP contribution in [-0.2, 0) is 4.79 Å². The largest absolute Gasteiger partial charge is 0.495 e. The summed E-state index contributed by atoms with van der Waals surface area (Å²) >= 11 is 10.9. The average Bonchev–Trinajstić information content (AvgIpc) is 3.53. The Morgan fingerprint density at radius 3 is 2.46 bits per heavy atom. The highest BCUT2D eigenvalue weighted by molar-refractivity contribution is 9.10. The first-order chi connectivity index (χ1) is 22.3. The lowest BCUT2D eigenvalue weighted by Gasteiger charge is -2.14. The van der Waals surface area contributed by atoms with Crippen LogP contribution < -0.4 is 30.3 Å². The van der Waals surface area contributed by atoms with E-state index in [0.717, 1.165) is 22.1 Å². The summed E-state index contributed by atoms with van der Waals surface area (Å²) in [7, 11) is 3.01. The molecule has 0 saturated carbocycles. The maximum Gasteiger partial charge on any atom is 0.271 e. The number of rotatable bonds is 12. The molecule has 0 aliphatic carbocycles. The molecule has 0 aliphatic rings. The summed E-state index contributed by atoms with van der Waals surface area (Å²) in [6.45, 7) is -0.265. The van der Waals surface area contributed by atoms with Gasteiger partial charge in [-0.1, -0.05) is 35.9 Å². The van der Waals surface area contributed by atoms with Crippen LogP contribution in [0, 0.1) is 0 Å². The van der Waals surface area contributed by atoms with Crippen molar-refractivity contribution >= 4 is 73.4 Å². The normalized spacial score (nSPS) is 10.8. The van der Waals surface area contributed by atoms with E-state index in [2.05, 4.69) is 42.1 Å². The number of carbonyl (C=O) groups excluding carboxylic acids is 2. The molecule has 0 atom stereocenters. The average molecular weight is 721 g/mol. The highest BCUT2D eigenvalue weighted by Crippen LogP contribution is 2.36. The van der Waals surface area contributed by atoms with Gasteiger partial charge in [0.1, 0.15) is 5.75 Å². The van der Waals surface area contributed by atoms with Crippen molar-refractivity contribution < 1.29 is 23.8 Å². The van der Waals surface area contributed by atoms with E-state index < -0.39 is 0 Å². The molecule has 0 bridgehead atoms. The molecule has 1 aromatic heterocycles. The Labute approximate surface area is 282 Å². The van der Waals surface area contributed by atoms with Gasteiger partial charge in [0.15, 0.2) is 23.2 Å². The lowest BCUT2D eigenvalue weighted by molar-refractivity contribution is -0.118. The van der Waals surface area contributed by atoms with E-state index in [9.17, 15) is 9.59 Å². The van der Waals surface area contributed by atoms with Gasteiger partial charge in [0.2, 0.25) is 0 Å². The molecule has 0 unspecified atom stereocenters. The van der Waals surface area contributed by atoms with Crippen molar-refractivity contribution in [1.82, 2.24) is 10.4 Å². The summed E-state index contributed by atoms with van der Waals surface area (Å²) in [5, 5.41) is 13.4. The van der Waals surface area contributed by atoms with Gasteiger partial charge in [-0.05, 0) is 82.2 Å². The number of amides is 2. The number of aromatic nitrogens is 1. The quantitative estimate of drug-likeness (QED) is 0.0889. The number of hydrazone groups is 1. The molecule has 0 spiro atoms. The first-order valence-electron chi connectivity index (χ1n) is 13.7. The fourth-order valence-electron chi connectivity index (χ4n) is 4.17. The molecule has 13 heteroatoms. The number of thiazole rings is 1. The molecule has 0 radical (unpaired) electrons. The Balaban J connectivity index is 1.16. The Hall–Kier alpha value is -4.91. The summed E-state index contributed by atoms with van der Waals surface area (Å²) in [6.07, 6.45) is 1.47. The molecule has 0 fully saturated rings. The number of nitrogens with zero attached hydrogens (tertiary/aromatic N) is 2. The summed E-state index contributed by atoms with van der Waals surface area (Å²) in [5.41, 5.74) is 6.67. The van der Waals surface area contributed by atoms with Crippen molar-refractivity contribution in [2.45, 2.75) is 0 Å². The second kappa shape index (κ2) is 15.4. The number of halogens is 2. The van der Waals surface area contributed by atoms with Crippen molar-refractivity contribution in [3.05, 3.63) is 111 Å². The van der Waals surface area contributed by atoms with Crippen LogP contribution in [0.1, 0.15) is 15.9 Å². The SMILES string of the molecule is COc1ccccc1NC(=O)COc1c(Br)cc(/C=N\NC(=O)c2ccc(-c3csc(Nc4ccc(Cl)cc4)n3)cc2)cc1OC. The van der Waals surface area contributed by atoms with Gasteiger partial charge in [-0.2, -0.15) is 5.10 Å². The van der Waals surface area contributed by atoms with Gasteiger partial charge >= 0.3 is 0 Å². The second-order valence-corrected chi connectivity index (χ2v) is 11.7. The molecule has 1 heterocycles. The summed E-state index contributed by atoms with van der Waals surface area (Å²) in [4.78, 5) is 29.8. The third kappa shape index (κ3) is 8.42. The van der Waals surface area contributed by atoms with E-state index in [1.807, 2.05) is 47.8 Å². The van der Waals surface area contributed by atoms with Gasteiger partial charge in [0.25, 0.3) is 11.8 Å². The highest BCUT2D eigenvalue weighted by Gasteiger charge is 2.15. The molecule has 46 heavy (non-hydrogen) atoms. The standard InChI is InChI=1S/C33H27BrClN5O5S/c1-43-28-6-4-3-5-26(28)38-30(41)18-45-31-25(34)15-20(16-29(31)44-2)17-36-40-32(42)22-9-7-21(8-10-22)27-19-46-33(39-27)37-24-13-11-23(35)12-14-24/h3-17,19H,18H2,1-2H3,(H,37,39)(H,38,41)(H,40,42)/b36-17-. The molecule has 3 N–H and O–H groups in total. The first kappa shape index (κ1) is 32.5. The molecular formula is C33H27BrClN5O5S. The van der Waals surface area contributed by atoms with E-state index in [0.29, 0.717) is 43.6 Å². The Kier molecular flexibility index (Phi) is 10.9. The molecule has 5 aromatic rings. The summed E-state index contributed by atoms with van der Waals surface area (Å²) in [6, 6.07) is 24.9. The number of hydrogen-bond acceptors (Lipinski definition) is 9. The lowest BCUT2D eigenvalue weighted by Crippen LogP contribution is -2.20. The van der Waals surface area contributed by atoms with E-state index in [1.54, 1.807) is 42.5 Å². The number of ether oxygens (including phenoxy) is 3. The number of methoxy groups -OCH3 is 2. The van der Waals surface area contributed by atoms with Crippen LogP contribution >= 0.6 is 38.9 Å². The van der Waals surface area contributed by atoms with E-state index in [-0.39, 0.29) is 18.4 Å². The van der Waals surface area contributed by atoms with Crippen molar-refractivity contribution in [3.8, 4) is 28.5 Å². The maximum absolute atomic E-state index is 12.7. The zero-order chi connectivity index (χ0) is 32.5. The number of benzene rings is 4. The lowest BCUT2D eigenvalue weighted by atomic mass is 10.1. The zero-order valence-electron chi connectivity index (χ0n) is 24.5. The Morgan fingerprint density at radius 2 is 1.72 bits per heavy atom. The van der Waals surface area contributed by atoms with E-state index in [4.69, 9.17) is 25.8 Å². The molecule has 5 rings (SSSR count). The molecule has 0 saturated heterocycles. The second-order valence-electron chi connectivity index (χ2n) is 9.52. The van der Waals surface area contributed by atoms with Crippen molar-refractivity contribution in [1.29, 1.82) is 0 Å². The van der Waals surface area contributed by atoms with Crippen molar-refractivity contribution in [2.24, 2.45) is 5.10 Å². The number of nitrogens with one attached hydrogen (secondary N) is 3. The smallest absolute Gasteiger partial charge is 0.271 e. The minimum absolute atomic E-state index is 0.265. The van der Waals surface area contributed by atoms with Crippen LogP contribution in [0.15, 0.2) is 99.9 Å². The van der Waals surface area contributed by atoms with Gasteiger partial charge in [-0.25, -0.2) is 10.4 Å².